The summed E-state index contributed by atoms with van der Waals surface area (Å²) in [5.41, 5.74) is -0.440. The first-order valence-corrected chi connectivity index (χ1v) is 7.67. The number of nitrogens with one attached hydrogen (secondary N) is 1. The second-order valence-electron chi connectivity index (χ2n) is 6.33. The fourth-order valence-electron chi connectivity index (χ4n) is 2.28. The van der Waals surface area contributed by atoms with E-state index in [9.17, 15) is 4.79 Å². The normalized spacial score (nSPS) is 17.0. The van der Waals surface area contributed by atoms with Gasteiger partial charge in [-0.2, -0.15) is 0 Å². The van der Waals surface area contributed by atoms with Crippen LogP contribution >= 0.6 is 11.6 Å². The monoisotopic (exact) mass is 314 g/mol. The van der Waals surface area contributed by atoms with E-state index in [-0.39, 0.29) is 6.09 Å². The van der Waals surface area contributed by atoms with Crippen molar-refractivity contribution in [3.8, 4) is 0 Å². The van der Waals surface area contributed by atoms with Crippen molar-refractivity contribution in [1.82, 2.24) is 10.2 Å². The summed E-state index contributed by atoms with van der Waals surface area (Å²) in [7, 11) is 0. The molecule has 118 valence electrons. The fourth-order valence-corrected chi connectivity index (χ4v) is 2.45. The third-order valence-corrected chi connectivity index (χ3v) is 3.54. The standard InChI is InChI=1S/C15H23ClN2O3/c1-15(2,3)21-14(19)18-8-6-11(7-9-18)17-10-12-4-5-13(16)20-12/h4-5,11,17H,6-10H2,1-3H3. The van der Waals surface area contributed by atoms with Gasteiger partial charge < -0.3 is 19.4 Å². The Morgan fingerprint density at radius 1 is 1.43 bits per heavy atom. The van der Waals surface area contributed by atoms with Crippen molar-refractivity contribution in [2.24, 2.45) is 0 Å². The van der Waals surface area contributed by atoms with Gasteiger partial charge in [0.05, 0.1) is 6.54 Å². The minimum absolute atomic E-state index is 0.223. The summed E-state index contributed by atoms with van der Waals surface area (Å²) in [4.78, 5) is 13.7. The number of hydrogen-bond donors (Lipinski definition) is 1. The Kier molecular flexibility index (Phi) is 5.17. The van der Waals surface area contributed by atoms with Crippen LogP contribution < -0.4 is 5.32 Å². The maximum Gasteiger partial charge on any atom is 0.410 e. The van der Waals surface area contributed by atoms with Gasteiger partial charge in [0.15, 0.2) is 5.22 Å². The number of nitrogens with zero attached hydrogens (tertiary/aromatic N) is 1. The van der Waals surface area contributed by atoms with Crippen molar-refractivity contribution in [2.75, 3.05) is 13.1 Å². The van der Waals surface area contributed by atoms with Crippen LogP contribution in [0.5, 0.6) is 0 Å². The van der Waals surface area contributed by atoms with Gasteiger partial charge in [0.1, 0.15) is 11.4 Å². The van der Waals surface area contributed by atoms with Crippen molar-refractivity contribution in [1.29, 1.82) is 0 Å². The van der Waals surface area contributed by atoms with E-state index in [4.69, 9.17) is 20.8 Å². The highest BCUT2D eigenvalue weighted by atomic mass is 35.5. The van der Waals surface area contributed by atoms with Gasteiger partial charge in [-0.05, 0) is 57.3 Å². The molecule has 1 N–H and O–H groups in total. The molecule has 0 bridgehead atoms. The number of rotatable bonds is 3. The van der Waals surface area contributed by atoms with Crippen molar-refractivity contribution in [2.45, 2.75) is 51.8 Å². The van der Waals surface area contributed by atoms with Gasteiger partial charge >= 0.3 is 6.09 Å². The largest absolute Gasteiger partial charge is 0.448 e. The van der Waals surface area contributed by atoms with Gasteiger partial charge in [-0.15, -0.1) is 0 Å². The van der Waals surface area contributed by atoms with Gasteiger partial charge in [-0.25, -0.2) is 4.79 Å². The fraction of sp³-hybridized carbons (Fsp3) is 0.667. The van der Waals surface area contributed by atoms with E-state index < -0.39 is 5.60 Å². The quantitative estimate of drug-likeness (QED) is 0.928. The van der Waals surface area contributed by atoms with E-state index in [0.29, 0.717) is 30.9 Å². The van der Waals surface area contributed by atoms with Crippen molar-refractivity contribution >= 4 is 17.7 Å². The molecule has 0 aliphatic carbocycles. The van der Waals surface area contributed by atoms with Crippen LogP contribution in [-0.2, 0) is 11.3 Å². The summed E-state index contributed by atoms with van der Waals surface area (Å²) in [6.45, 7) is 7.73. The van der Waals surface area contributed by atoms with Crippen LogP contribution in [0.15, 0.2) is 16.5 Å². The average Bonchev–Trinajstić information content (AvgIpc) is 2.81. The summed E-state index contributed by atoms with van der Waals surface area (Å²) in [5.74, 6) is 0.828. The second-order valence-corrected chi connectivity index (χ2v) is 6.70. The minimum Gasteiger partial charge on any atom is -0.448 e. The van der Waals surface area contributed by atoms with Crippen LogP contribution in [0.25, 0.3) is 0 Å². The lowest BCUT2D eigenvalue weighted by Gasteiger charge is -2.33. The summed E-state index contributed by atoms with van der Waals surface area (Å²) >= 11 is 5.74. The molecule has 1 amide bonds. The Morgan fingerprint density at radius 3 is 2.62 bits per heavy atom. The molecule has 2 heterocycles. The summed E-state index contributed by atoms with van der Waals surface area (Å²) in [6.07, 6.45) is 1.60. The molecule has 0 unspecified atom stereocenters. The molecule has 0 aromatic carbocycles. The van der Waals surface area contributed by atoms with Crippen LogP contribution in [0.3, 0.4) is 0 Å². The molecule has 0 atom stereocenters. The number of likely N-dealkylation sites (tertiary alicyclic amines) is 1. The van der Waals surface area contributed by atoms with Crippen LogP contribution in [0, 0.1) is 0 Å². The molecule has 5 nitrogen and oxygen atoms in total. The van der Waals surface area contributed by atoms with Crippen LogP contribution in [0.4, 0.5) is 4.79 Å². The van der Waals surface area contributed by atoms with Gasteiger partial charge in [-0.3, -0.25) is 0 Å². The highest BCUT2D eigenvalue weighted by Crippen LogP contribution is 2.17. The topological polar surface area (TPSA) is 54.7 Å². The van der Waals surface area contributed by atoms with Gasteiger partial charge in [0, 0.05) is 19.1 Å². The molecule has 6 heteroatoms. The van der Waals surface area contributed by atoms with Crippen molar-refractivity contribution < 1.29 is 13.9 Å². The number of halogens is 1. The van der Waals surface area contributed by atoms with Gasteiger partial charge in [0.25, 0.3) is 0 Å². The molecule has 1 fully saturated rings. The lowest BCUT2D eigenvalue weighted by atomic mass is 10.1. The highest BCUT2D eigenvalue weighted by molar-refractivity contribution is 6.28. The van der Waals surface area contributed by atoms with Crippen LogP contribution in [0.2, 0.25) is 5.22 Å². The van der Waals surface area contributed by atoms with E-state index in [1.54, 1.807) is 11.0 Å². The predicted molar refractivity (Wildman–Crippen MR) is 81.4 cm³/mol. The Morgan fingerprint density at radius 2 is 2.10 bits per heavy atom. The number of furan rings is 1. The molecular formula is C15H23ClN2O3. The zero-order chi connectivity index (χ0) is 15.5. The Hall–Kier alpha value is -1.20. The highest BCUT2D eigenvalue weighted by Gasteiger charge is 2.26. The SMILES string of the molecule is CC(C)(C)OC(=O)N1CCC(NCc2ccc(Cl)o2)CC1. The first kappa shape index (κ1) is 16.2. The molecule has 0 radical (unpaired) electrons. The molecule has 1 saturated heterocycles. The minimum atomic E-state index is -0.440. The third-order valence-electron chi connectivity index (χ3n) is 3.34. The van der Waals surface area contributed by atoms with E-state index in [1.807, 2.05) is 26.8 Å². The first-order chi connectivity index (χ1) is 9.83. The van der Waals surface area contributed by atoms with E-state index in [1.165, 1.54) is 0 Å². The van der Waals surface area contributed by atoms with Crippen LogP contribution in [-0.4, -0.2) is 35.7 Å². The van der Waals surface area contributed by atoms with E-state index in [0.717, 1.165) is 18.6 Å². The lowest BCUT2D eigenvalue weighted by Crippen LogP contribution is -2.46. The Labute approximate surface area is 130 Å². The molecule has 1 aromatic heterocycles. The molecule has 1 aromatic rings. The maximum atomic E-state index is 12.0. The van der Waals surface area contributed by atoms with E-state index in [2.05, 4.69) is 5.32 Å². The molecular weight excluding hydrogens is 292 g/mol. The molecule has 1 aliphatic rings. The molecule has 1 aliphatic heterocycles. The Bertz CT molecular complexity index is 474. The third kappa shape index (κ3) is 5.25. The second kappa shape index (κ2) is 6.71. The number of ether oxygens (including phenoxy) is 1. The zero-order valence-corrected chi connectivity index (χ0v) is 13.6. The zero-order valence-electron chi connectivity index (χ0n) is 12.8. The van der Waals surface area contributed by atoms with Crippen LogP contribution in [0.1, 0.15) is 39.4 Å². The number of carbonyl (C=O) groups excluding carboxylic acids is 1. The molecule has 0 spiro atoms. The number of amides is 1. The molecule has 2 rings (SSSR count). The summed E-state index contributed by atoms with van der Waals surface area (Å²) in [6, 6.07) is 3.99. The lowest BCUT2D eigenvalue weighted by molar-refractivity contribution is 0.0197. The molecule has 21 heavy (non-hydrogen) atoms. The van der Waals surface area contributed by atoms with Gasteiger partial charge in [-0.1, -0.05) is 0 Å². The Balaban J connectivity index is 1.72. The molecule has 0 saturated carbocycles. The first-order valence-electron chi connectivity index (χ1n) is 7.29. The van der Waals surface area contributed by atoms with Crippen molar-refractivity contribution in [3.63, 3.8) is 0 Å². The summed E-state index contributed by atoms with van der Waals surface area (Å²) < 4.78 is 10.7. The van der Waals surface area contributed by atoms with E-state index >= 15 is 0 Å². The smallest absolute Gasteiger partial charge is 0.410 e. The average molecular weight is 315 g/mol. The maximum absolute atomic E-state index is 12.0. The predicted octanol–water partition coefficient (Wildman–Crippen LogP) is 3.42. The number of carbonyl (C=O) groups is 1. The number of hydrogen-bond acceptors (Lipinski definition) is 4. The number of piperidine rings is 1. The van der Waals surface area contributed by atoms with Gasteiger partial charge in [0.2, 0.25) is 0 Å². The van der Waals surface area contributed by atoms with Crippen molar-refractivity contribution in [3.05, 3.63) is 23.1 Å². The summed E-state index contributed by atoms with van der Waals surface area (Å²) in [5, 5.41) is 3.84.